The second-order valence-electron chi connectivity index (χ2n) is 5.97. The number of rotatable bonds is 4. The van der Waals surface area contributed by atoms with Crippen LogP contribution in [0.4, 0.5) is 0 Å². The molecule has 24 heavy (non-hydrogen) atoms. The van der Waals surface area contributed by atoms with E-state index in [0.717, 1.165) is 30.2 Å². The van der Waals surface area contributed by atoms with Crippen LogP contribution in [0.1, 0.15) is 28.9 Å². The van der Waals surface area contributed by atoms with Crippen LogP contribution in [0.25, 0.3) is 11.0 Å². The first-order valence-electron chi connectivity index (χ1n) is 7.86. The predicted molar refractivity (Wildman–Crippen MR) is 91.0 cm³/mol. The monoisotopic (exact) mass is 343 g/mol. The van der Waals surface area contributed by atoms with Crippen molar-refractivity contribution in [3.05, 3.63) is 51.1 Å². The van der Waals surface area contributed by atoms with Gasteiger partial charge in [-0.05, 0) is 48.1 Å². The van der Waals surface area contributed by atoms with Crippen LogP contribution < -0.4 is 5.63 Å². The van der Waals surface area contributed by atoms with Crippen molar-refractivity contribution in [3.8, 4) is 0 Å². The molecule has 124 valence electrons. The molecule has 1 aliphatic carbocycles. The lowest BCUT2D eigenvalue weighted by Crippen LogP contribution is -2.02. The quantitative estimate of drug-likeness (QED) is 0.578. The molecule has 0 fully saturated rings. The topological polar surface area (TPSA) is 81.1 Å². The van der Waals surface area contributed by atoms with Crippen molar-refractivity contribution in [2.75, 3.05) is 0 Å². The molecule has 1 aliphatic rings. The molecule has 6 nitrogen and oxygen atoms in total. The maximum atomic E-state index is 11.9. The minimum Gasteiger partial charge on any atom is -0.423 e. The maximum absolute atomic E-state index is 11.9. The number of aromatic nitrogens is 3. The molecule has 1 N–H and O–H groups in total. The lowest BCUT2D eigenvalue weighted by molar-refractivity contribution is 0.266. The molecule has 0 amide bonds. The lowest BCUT2D eigenvalue weighted by atomic mass is 10.0. The number of fused-ring (bicyclic) bond motifs is 2. The Bertz CT molecular complexity index is 977. The zero-order valence-corrected chi connectivity index (χ0v) is 14.1. The normalized spacial score (nSPS) is 13.6. The van der Waals surface area contributed by atoms with Crippen LogP contribution in [0.15, 0.2) is 32.6 Å². The molecule has 1 aromatic carbocycles. The lowest BCUT2D eigenvalue weighted by Gasteiger charge is -2.08. The van der Waals surface area contributed by atoms with E-state index in [4.69, 9.17) is 4.42 Å². The number of hydrogen-bond donors (Lipinski definition) is 1. The fourth-order valence-electron chi connectivity index (χ4n) is 3.16. The fraction of sp³-hybridized carbons (Fsp3) is 0.353. The first-order chi connectivity index (χ1) is 11.7. The van der Waals surface area contributed by atoms with Crippen LogP contribution in [0.3, 0.4) is 0 Å². The zero-order chi connectivity index (χ0) is 16.7. The van der Waals surface area contributed by atoms with Gasteiger partial charge in [0.25, 0.3) is 0 Å². The van der Waals surface area contributed by atoms with Gasteiger partial charge < -0.3 is 14.1 Å². The van der Waals surface area contributed by atoms with Crippen LogP contribution in [0.2, 0.25) is 0 Å². The highest BCUT2D eigenvalue weighted by atomic mass is 32.2. The summed E-state index contributed by atoms with van der Waals surface area (Å²) in [5, 5.41) is 18.9. The number of aliphatic hydroxyl groups excluding tert-OH is 1. The van der Waals surface area contributed by atoms with Gasteiger partial charge in [0.15, 0.2) is 11.0 Å². The highest BCUT2D eigenvalue weighted by Crippen LogP contribution is 2.31. The van der Waals surface area contributed by atoms with Crippen LogP contribution >= 0.6 is 11.8 Å². The summed E-state index contributed by atoms with van der Waals surface area (Å²) in [6, 6.07) is 5.73. The first kappa shape index (κ1) is 15.4. The van der Waals surface area contributed by atoms with Crippen molar-refractivity contribution in [1.82, 2.24) is 14.8 Å². The largest absolute Gasteiger partial charge is 0.423 e. The molecular weight excluding hydrogens is 326 g/mol. The van der Waals surface area contributed by atoms with Crippen LogP contribution in [0.5, 0.6) is 0 Å². The fourth-order valence-corrected chi connectivity index (χ4v) is 4.09. The van der Waals surface area contributed by atoms with E-state index in [9.17, 15) is 9.90 Å². The third kappa shape index (κ3) is 2.63. The highest BCUT2D eigenvalue weighted by molar-refractivity contribution is 7.98. The summed E-state index contributed by atoms with van der Waals surface area (Å²) < 4.78 is 7.15. The molecule has 0 saturated heterocycles. The van der Waals surface area contributed by atoms with E-state index < -0.39 is 0 Å². The summed E-state index contributed by atoms with van der Waals surface area (Å²) in [5.74, 6) is 1.12. The average Bonchev–Trinajstić information content (AvgIpc) is 3.16. The van der Waals surface area contributed by atoms with Gasteiger partial charge in [-0.1, -0.05) is 11.8 Å². The minimum atomic E-state index is -0.329. The molecule has 0 atom stereocenters. The number of thioether (sulfide) groups is 1. The summed E-state index contributed by atoms with van der Waals surface area (Å²) in [6.45, 7) is -0.145. The van der Waals surface area contributed by atoms with Crippen LogP contribution in [-0.4, -0.2) is 19.9 Å². The van der Waals surface area contributed by atoms with E-state index in [0.29, 0.717) is 22.3 Å². The first-order valence-corrected chi connectivity index (χ1v) is 8.84. The SMILES string of the molecule is Cn1c(CO)nnc1SCc1cc(=O)oc2cc3c(cc12)CCC3. The number of aliphatic hydroxyl groups is 1. The molecule has 7 heteroatoms. The van der Waals surface area contributed by atoms with Crippen molar-refractivity contribution in [1.29, 1.82) is 0 Å². The molecule has 0 saturated carbocycles. The Morgan fingerprint density at radius 3 is 2.79 bits per heavy atom. The Hall–Kier alpha value is -2.12. The predicted octanol–water partition coefficient (Wildman–Crippen LogP) is 2.19. The second-order valence-corrected chi connectivity index (χ2v) is 6.91. The van der Waals surface area contributed by atoms with Gasteiger partial charge in [-0.3, -0.25) is 0 Å². The van der Waals surface area contributed by atoms with Crippen LogP contribution in [0, 0.1) is 0 Å². The van der Waals surface area contributed by atoms with Crippen LogP contribution in [-0.2, 0) is 32.2 Å². The molecule has 3 aromatic rings. The molecular formula is C17H17N3O3S. The third-order valence-corrected chi connectivity index (χ3v) is 5.53. The second kappa shape index (κ2) is 6.07. The van der Waals surface area contributed by atoms with E-state index in [1.807, 2.05) is 13.1 Å². The molecule has 0 radical (unpaired) electrons. The molecule has 0 aliphatic heterocycles. The van der Waals surface area contributed by atoms with Crippen molar-refractivity contribution >= 4 is 22.7 Å². The standard InChI is InChI=1S/C17H17N3O3S/c1-20-15(8-21)18-19-17(20)24-9-12-7-16(22)23-14-6-11-4-2-3-10(11)5-13(12)14/h5-7,21H,2-4,8-9H2,1H3. The van der Waals surface area contributed by atoms with Gasteiger partial charge in [0.2, 0.25) is 0 Å². The van der Waals surface area contributed by atoms with E-state index in [1.165, 1.54) is 22.9 Å². The van der Waals surface area contributed by atoms with E-state index in [-0.39, 0.29) is 12.2 Å². The van der Waals surface area contributed by atoms with Crippen molar-refractivity contribution in [3.63, 3.8) is 0 Å². The Morgan fingerprint density at radius 1 is 1.25 bits per heavy atom. The van der Waals surface area contributed by atoms with Gasteiger partial charge in [0.1, 0.15) is 12.2 Å². The number of nitrogens with zero attached hydrogens (tertiary/aromatic N) is 3. The summed E-state index contributed by atoms with van der Waals surface area (Å²) in [4.78, 5) is 11.9. The molecule has 0 unspecified atom stereocenters. The van der Waals surface area contributed by atoms with Gasteiger partial charge in [-0.2, -0.15) is 0 Å². The zero-order valence-electron chi connectivity index (χ0n) is 13.3. The summed E-state index contributed by atoms with van der Waals surface area (Å²) in [6.07, 6.45) is 3.29. The Labute approximate surface area is 142 Å². The van der Waals surface area contributed by atoms with Gasteiger partial charge in [-0.15, -0.1) is 10.2 Å². The number of aryl methyl sites for hydroxylation is 2. The van der Waals surface area contributed by atoms with E-state index in [2.05, 4.69) is 16.3 Å². The van der Waals surface area contributed by atoms with Gasteiger partial charge in [-0.25, -0.2) is 4.79 Å². The molecule has 0 spiro atoms. The smallest absolute Gasteiger partial charge is 0.336 e. The summed E-state index contributed by atoms with van der Waals surface area (Å²) >= 11 is 1.49. The molecule has 2 aromatic heterocycles. The Kier molecular flexibility index (Phi) is 3.90. The van der Waals surface area contributed by atoms with Crippen molar-refractivity contribution < 1.29 is 9.52 Å². The van der Waals surface area contributed by atoms with Gasteiger partial charge >= 0.3 is 5.63 Å². The molecule has 0 bridgehead atoms. The van der Waals surface area contributed by atoms with E-state index >= 15 is 0 Å². The van der Waals surface area contributed by atoms with Gasteiger partial charge in [0, 0.05) is 24.3 Å². The maximum Gasteiger partial charge on any atom is 0.336 e. The summed E-state index contributed by atoms with van der Waals surface area (Å²) in [5.41, 5.74) is 3.91. The third-order valence-electron chi connectivity index (χ3n) is 4.47. The average molecular weight is 343 g/mol. The van der Waals surface area contributed by atoms with Crippen molar-refractivity contribution in [2.45, 2.75) is 36.8 Å². The Morgan fingerprint density at radius 2 is 2.04 bits per heavy atom. The molecule has 2 heterocycles. The molecule has 4 rings (SSSR count). The van der Waals surface area contributed by atoms with E-state index in [1.54, 1.807) is 10.6 Å². The van der Waals surface area contributed by atoms with Gasteiger partial charge in [0.05, 0.1) is 0 Å². The van der Waals surface area contributed by atoms with Crippen molar-refractivity contribution in [2.24, 2.45) is 7.05 Å². The summed E-state index contributed by atoms with van der Waals surface area (Å²) in [7, 11) is 1.82. The Balaban J connectivity index is 1.70. The highest BCUT2D eigenvalue weighted by Gasteiger charge is 2.16. The number of hydrogen-bond acceptors (Lipinski definition) is 6. The minimum absolute atomic E-state index is 0.145. The number of benzene rings is 1.